The fraction of sp³-hybridized carbons (Fsp3) is 0.385. The van der Waals surface area contributed by atoms with Crippen LogP contribution in [0, 0.1) is 27.4 Å². The molecule has 0 aliphatic carbocycles. The lowest BCUT2D eigenvalue weighted by molar-refractivity contribution is -0.384. The molecule has 20 heavy (non-hydrogen) atoms. The fourth-order valence-corrected chi connectivity index (χ4v) is 1.79. The molecular formula is C13H15N3O4. The number of rotatable bonds is 7. The number of nitrogens with zero attached hydrogens (tertiary/aromatic N) is 2. The third-order valence-corrected chi connectivity index (χ3v) is 2.86. The third-order valence-electron chi connectivity index (χ3n) is 2.86. The average Bonchev–Trinajstić information content (AvgIpc) is 2.42. The van der Waals surface area contributed by atoms with E-state index >= 15 is 0 Å². The highest BCUT2D eigenvalue weighted by Gasteiger charge is 2.17. The molecule has 106 valence electrons. The van der Waals surface area contributed by atoms with Crippen molar-refractivity contribution in [3.63, 3.8) is 0 Å². The molecule has 0 saturated carbocycles. The van der Waals surface area contributed by atoms with E-state index in [0.29, 0.717) is 12.1 Å². The van der Waals surface area contributed by atoms with Gasteiger partial charge >= 0.3 is 5.97 Å². The maximum absolute atomic E-state index is 11.0. The van der Waals surface area contributed by atoms with Gasteiger partial charge in [-0.3, -0.25) is 14.9 Å². The number of hydrogen-bond donors (Lipinski definition) is 2. The quantitative estimate of drug-likeness (QED) is 0.583. The first kappa shape index (κ1) is 15.4. The monoisotopic (exact) mass is 277 g/mol. The molecule has 0 aliphatic heterocycles. The number of non-ortho nitro benzene ring substituents is 1. The Morgan fingerprint density at radius 2 is 2.30 bits per heavy atom. The maximum Gasteiger partial charge on any atom is 0.308 e. The summed E-state index contributed by atoms with van der Waals surface area (Å²) in [5, 5.41) is 31.5. The number of carbonyl (C=O) groups is 1. The normalized spacial score (nSPS) is 11.4. The highest BCUT2D eigenvalue weighted by molar-refractivity contribution is 5.71. The molecule has 1 aromatic carbocycles. The van der Waals surface area contributed by atoms with Gasteiger partial charge in [-0.05, 0) is 12.5 Å². The number of nitrogens with one attached hydrogen (secondary N) is 1. The highest BCUT2D eigenvalue weighted by Crippen LogP contribution is 2.22. The SMILES string of the molecule is CCCC(CNc1ccc([N+](=O)[O-])cc1C#N)C(=O)O. The van der Waals surface area contributed by atoms with Gasteiger partial charge in [0, 0.05) is 18.7 Å². The predicted octanol–water partition coefficient (Wildman–Crippen LogP) is 2.38. The average molecular weight is 277 g/mol. The zero-order valence-corrected chi connectivity index (χ0v) is 11.0. The summed E-state index contributed by atoms with van der Waals surface area (Å²) >= 11 is 0. The molecule has 0 aromatic heterocycles. The first-order chi connectivity index (χ1) is 9.49. The van der Waals surface area contributed by atoms with E-state index in [9.17, 15) is 14.9 Å². The van der Waals surface area contributed by atoms with Gasteiger partial charge in [0.2, 0.25) is 0 Å². The van der Waals surface area contributed by atoms with Crippen LogP contribution in [0.4, 0.5) is 11.4 Å². The van der Waals surface area contributed by atoms with Crippen LogP contribution in [0.2, 0.25) is 0 Å². The lowest BCUT2D eigenvalue weighted by atomic mass is 10.0. The van der Waals surface area contributed by atoms with Crippen molar-refractivity contribution in [2.45, 2.75) is 19.8 Å². The molecule has 0 radical (unpaired) electrons. The van der Waals surface area contributed by atoms with Crippen LogP contribution in [0.5, 0.6) is 0 Å². The minimum absolute atomic E-state index is 0.125. The molecule has 7 nitrogen and oxygen atoms in total. The molecule has 0 bridgehead atoms. The molecule has 1 aromatic rings. The molecule has 1 unspecified atom stereocenters. The van der Waals surface area contributed by atoms with Crippen LogP contribution in [0.15, 0.2) is 18.2 Å². The van der Waals surface area contributed by atoms with E-state index in [0.717, 1.165) is 12.5 Å². The first-order valence-corrected chi connectivity index (χ1v) is 6.14. The summed E-state index contributed by atoms with van der Waals surface area (Å²) in [6, 6.07) is 5.72. The van der Waals surface area contributed by atoms with Crippen molar-refractivity contribution in [3.8, 4) is 6.07 Å². The number of nitro benzene ring substituents is 1. The maximum atomic E-state index is 11.0. The lowest BCUT2D eigenvalue weighted by Crippen LogP contribution is -2.23. The van der Waals surface area contributed by atoms with Gasteiger partial charge in [0.1, 0.15) is 6.07 Å². The topological polar surface area (TPSA) is 116 Å². The van der Waals surface area contributed by atoms with Gasteiger partial charge < -0.3 is 10.4 Å². The summed E-state index contributed by atoms with van der Waals surface area (Å²) in [6.07, 6.45) is 1.27. The molecular weight excluding hydrogens is 262 g/mol. The van der Waals surface area contributed by atoms with Crippen molar-refractivity contribution in [2.24, 2.45) is 5.92 Å². The van der Waals surface area contributed by atoms with E-state index in [-0.39, 0.29) is 17.8 Å². The summed E-state index contributed by atoms with van der Waals surface area (Å²) in [5.74, 6) is -1.46. The second kappa shape index (κ2) is 7.09. The van der Waals surface area contributed by atoms with Gasteiger partial charge in [-0.25, -0.2) is 0 Å². The van der Waals surface area contributed by atoms with Crippen LogP contribution < -0.4 is 5.32 Å². The van der Waals surface area contributed by atoms with Crippen molar-refractivity contribution < 1.29 is 14.8 Å². The van der Waals surface area contributed by atoms with Gasteiger partial charge in [0.05, 0.1) is 22.1 Å². The van der Waals surface area contributed by atoms with Crippen LogP contribution in [0.1, 0.15) is 25.3 Å². The molecule has 2 N–H and O–H groups in total. The van der Waals surface area contributed by atoms with Crippen LogP contribution in [0.3, 0.4) is 0 Å². The van der Waals surface area contributed by atoms with E-state index in [2.05, 4.69) is 5.32 Å². The molecule has 0 amide bonds. The molecule has 0 heterocycles. The Balaban J connectivity index is 2.85. The number of nitro groups is 1. The van der Waals surface area contributed by atoms with Crippen molar-refractivity contribution in [1.29, 1.82) is 5.26 Å². The molecule has 1 atom stereocenters. The van der Waals surface area contributed by atoms with E-state index in [1.54, 1.807) is 0 Å². The fourth-order valence-electron chi connectivity index (χ4n) is 1.79. The number of carboxylic acid groups (broad SMARTS) is 1. The molecule has 0 spiro atoms. The van der Waals surface area contributed by atoms with Crippen LogP contribution >= 0.6 is 0 Å². The van der Waals surface area contributed by atoms with Crippen molar-refractivity contribution in [1.82, 2.24) is 0 Å². The van der Waals surface area contributed by atoms with Crippen LogP contribution in [0.25, 0.3) is 0 Å². The van der Waals surface area contributed by atoms with E-state index < -0.39 is 16.8 Å². The highest BCUT2D eigenvalue weighted by atomic mass is 16.6. The van der Waals surface area contributed by atoms with Crippen LogP contribution in [-0.2, 0) is 4.79 Å². The molecule has 0 saturated heterocycles. The van der Waals surface area contributed by atoms with Gasteiger partial charge in [0.25, 0.3) is 5.69 Å². The second-order valence-electron chi connectivity index (χ2n) is 4.30. The van der Waals surface area contributed by atoms with E-state index in [1.165, 1.54) is 12.1 Å². The number of hydrogen-bond acceptors (Lipinski definition) is 5. The largest absolute Gasteiger partial charge is 0.481 e. The molecule has 7 heteroatoms. The predicted molar refractivity (Wildman–Crippen MR) is 72.3 cm³/mol. The van der Waals surface area contributed by atoms with E-state index in [4.69, 9.17) is 10.4 Å². The first-order valence-electron chi connectivity index (χ1n) is 6.14. The van der Waals surface area contributed by atoms with Crippen molar-refractivity contribution >= 4 is 17.3 Å². The number of benzene rings is 1. The smallest absolute Gasteiger partial charge is 0.308 e. The van der Waals surface area contributed by atoms with Gasteiger partial charge in [-0.1, -0.05) is 13.3 Å². The Labute approximate surface area is 116 Å². The standard InChI is InChI=1S/C13H15N3O4/c1-2-3-9(13(17)18)8-15-12-5-4-11(16(19)20)6-10(12)7-14/h4-6,9,15H,2-3,8H2,1H3,(H,17,18). The Kier molecular flexibility index (Phi) is 5.47. The van der Waals surface area contributed by atoms with E-state index in [1.807, 2.05) is 13.0 Å². The van der Waals surface area contributed by atoms with Gasteiger partial charge in [-0.15, -0.1) is 0 Å². The third kappa shape index (κ3) is 3.95. The Hall–Kier alpha value is -2.62. The Morgan fingerprint density at radius 3 is 2.80 bits per heavy atom. The molecule has 1 rings (SSSR count). The summed E-state index contributed by atoms with van der Waals surface area (Å²) in [6.45, 7) is 2.07. The lowest BCUT2D eigenvalue weighted by Gasteiger charge is -2.14. The summed E-state index contributed by atoms with van der Waals surface area (Å²) in [5.41, 5.74) is 0.357. The Bertz CT molecular complexity index is 551. The number of nitriles is 1. The minimum atomic E-state index is -0.903. The summed E-state index contributed by atoms with van der Waals surface area (Å²) in [7, 11) is 0. The van der Waals surface area contributed by atoms with Gasteiger partial charge in [0.15, 0.2) is 0 Å². The van der Waals surface area contributed by atoms with Crippen LogP contribution in [-0.4, -0.2) is 22.5 Å². The zero-order valence-electron chi connectivity index (χ0n) is 11.0. The van der Waals surface area contributed by atoms with Gasteiger partial charge in [-0.2, -0.15) is 5.26 Å². The number of carboxylic acids is 1. The molecule has 0 aliphatic rings. The molecule has 0 fully saturated rings. The summed E-state index contributed by atoms with van der Waals surface area (Å²) < 4.78 is 0. The zero-order chi connectivity index (χ0) is 15.1. The van der Waals surface area contributed by atoms with Crippen molar-refractivity contribution in [2.75, 3.05) is 11.9 Å². The Morgan fingerprint density at radius 1 is 1.60 bits per heavy atom. The number of aliphatic carboxylic acids is 1. The number of anilines is 1. The summed E-state index contributed by atoms with van der Waals surface area (Å²) in [4.78, 5) is 21.1. The minimum Gasteiger partial charge on any atom is -0.481 e. The second-order valence-corrected chi connectivity index (χ2v) is 4.30. The van der Waals surface area contributed by atoms with Crippen molar-refractivity contribution in [3.05, 3.63) is 33.9 Å².